The van der Waals surface area contributed by atoms with Crippen molar-refractivity contribution < 1.29 is 23.9 Å². The van der Waals surface area contributed by atoms with Crippen LogP contribution in [0.1, 0.15) is 6.92 Å². The van der Waals surface area contributed by atoms with Gasteiger partial charge in [-0.1, -0.05) is 0 Å². The first-order chi connectivity index (χ1) is 10.4. The number of nitrogens with one attached hydrogen (secondary N) is 2. The lowest BCUT2D eigenvalue weighted by molar-refractivity contribution is -0.137. The lowest BCUT2D eigenvalue weighted by Gasteiger charge is -2.14. The summed E-state index contributed by atoms with van der Waals surface area (Å²) in [5.41, 5.74) is 0.310. The van der Waals surface area contributed by atoms with Crippen LogP contribution in [0, 0.1) is 5.82 Å². The summed E-state index contributed by atoms with van der Waals surface area (Å²) in [6.45, 7) is 0.815. The highest BCUT2D eigenvalue weighted by molar-refractivity contribution is 6.17. The van der Waals surface area contributed by atoms with Crippen molar-refractivity contribution in [2.24, 2.45) is 0 Å². The fourth-order valence-corrected chi connectivity index (χ4v) is 1.95. The van der Waals surface area contributed by atoms with Gasteiger partial charge in [-0.2, -0.15) is 0 Å². The van der Waals surface area contributed by atoms with E-state index >= 15 is 0 Å². The molecule has 0 fully saturated rings. The third-order valence-corrected chi connectivity index (χ3v) is 2.89. The summed E-state index contributed by atoms with van der Waals surface area (Å²) in [4.78, 5) is 35.4. The number of anilines is 2. The average molecular weight is 307 g/mol. The van der Waals surface area contributed by atoms with Crippen molar-refractivity contribution in [1.29, 1.82) is 0 Å². The quantitative estimate of drug-likeness (QED) is 0.686. The average Bonchev–Trinajstić information content (AvgIpc) is 2.70. The van der Waals surface area contributed by atoms with Crippen LogP contribution in [-0.4, -0.2) is 40.9 Å². The zero-order valence-electron chi connectivity index (χ0n) is 11.7. The molecule has 22 heavy (non-hydrogen) atoms. The number of nitrogens with zero attached hydrogens (tertiary/aromatic N) is 1. The summed E-state index contributed by atoms with van der Waals surface area (Å²) in [6, 6.07) is 3.80. The Bertz CT molecular complexity index is 672. The smallest absolute Gasteiger partial charge is 0.277 e. The number of carbonyl (C=O) groups excluding carboxylic acids is 3. The molecule has 1 heterocycles. The molecule has 0 radical (unpaired) electrons. The number of amides is 3. The van der Waals surface area contributed by atoms with E-state index in [4.69, 9.17) is 5.11 Å². The minimum atomic E-state index is -0.620. The second-order valence-electron chi connectivity index (χ2n) is 4.58. The van der Waals surface area contributed by atoms with Crippen LogP contribution in [0.5, 0.6) is 0 Å². The van der Waals surface area contributed by atoms with E-state index in [1.807, 2.05) is 0 Å². The number of β-amino-alcohol motifs (C(OH)–C–C–N with tert-alkyl or cyclic N) is 1. The Kier molecular flexibility index (Phi) is 4.52. The fraction of sp³-hybridized carbons (Fsp3) is 0.214. The topological polar surface area (TPSA) is 98.7 Å². The maximum atomic E-state index is 13.5. The Hall–Kier alpha value is -2.74. The molecular formula is C14H14FN3O4. The highest BCUT2D eigenvalue weighted by Gasteiger charge is 2.30. The van der Waals surface area contributed by atoms with E-state index in [0.717, 1.165) is 17.0 Å². The van der Waals surface area contributed by atoms with Gasteiger partial charge in [0.25, 0.3) is 11.8 Å². The SMILES string of the molecule is CC(=O)Nc1cc(NC2=CC(=O)N(CCO)C2=O)ccc1F. The summed E-state index contributed by atoms with van der Waals surface area (Å²) in [5.74, 6) is -2.17. The standard InChI is InChI=1S/C14H14FN3O4/c1-8(20)16-11-6-9(2-3-10(11)15)17-12-7-13(21)18(4-5-19)14(12)22/h2-3,6-7,17,19H,4-5H2,1H3,(H,16,20). The largest absolute Gasteiger partial charge is 0.395 e. The van der Waals surface area contributed by atoms with Crippen molar-refractivity contribution in [3.63, 3.8) is 0 Å². The van der Waals surface area contributed by atoms with Crippen molar-refractivity contribution in [2.45, 2.75) is 6.92 Å². The monoisotopic (exact) mass is 307 g/mol. The Morgan fingerprint density at radius 2 is 2.09 bits per heavy atom. The first-order valence-corrected chi connectivity index (χ1v) is 6.45. The van der Waals surface area contributed by atoms with Crippen LogP contribution in [0.3, 0.4) is 0 Å². The summed E-state index contributed by atoms with van der Waals surface area (Å²) in [5, 5.41) is 13.8. The highest BCUT2D eigenvalue weighted by atomic mass is 19.1. The molecular weight excluding hydrogens is 293 g/mol. The van der Waals surface area contributed by atoms with E-state index in [0.29, 0.717) is 5.69 Å². The van der Waals surface area contributed by atoms with Crippen molar-refractivity contribution in [2.75, 3.05) is 23.8 Å². The lowest BCUT2D eigenvalue weighted by Crippen LogP contribution is -2.34. The number of imide groups is 1. The van der Waals surface area contributed by atoms with E-state index < -0.39 is 23.5 Å². The van der Waals surface area contributed by atoms with Gasteiger partial charge in [0.2, 0.25) is 5.91 Å². The number of hydrogen-bond donors (Lipinski definition) is 3. The van der Waals surface area contributed by atoms with Gasteiger partial charge in [-0.3, -0.25) is 19.3 Å². The van der Waals surface area contributed by atoms with Crippen LogP contribution in [0.4, 0.5) is 15.8 Å². The highest BCUT2D eigenvalue weighted by Crippen LogP contribution is 2.22. The van der Waals surface area contributed by atoms with Gasteiger partial charge in [-0.05, 0) is 18.2 Å². The second-order valence-corrected chi connectivity index (χ2v) is 4.58. The molecule has 116 valence electrons. The number of aliphatic hydroxyl groups is 1. The lowest BCUT2D eigenvalue weighted by atomic mass is 10.2. The van der Waals surface area contributed by atoms with Crippen molar-refractivity contribution >= 4 is 29.1 Å². The molecule has 2 rings (SSSR count). The number of benzene rings is 1. The first-order valence-electron chi connectivity index (χ1n) is 6.45. The third-order valence-electron chi connectivity index (χ3n) is 2.89. The van der Waals surface area contributed by atoms with Gasteiger partial charge in [0.15, 0.2) is 0 Å². The molecule has 0 bridgehead atoms. The summed E-state index contributed by atoms with van der Waals surface area (Å²) < 4.78 is 13.5. The molecule has 1 aliphatic heterocycles. The fourth-order valence-electron chi connectivity index (χ4n) is 1.95. The maximum Gasteiger partial charge on any atom is 0.277 e. The Morgan fingerprint density at radius 3 is 2.73 bits per heavy atom. The zero-order valence-corrected chi connectivity index (χ0v) is 11.7. The van der Waals surface area contributed by atoms with E-state index in [2.05, 4.69) is 10.6 Å². The first kappa shape index (κ1) is 15.6. The van der Waals surface area contributed by atoms with Gasteiger partial charge in [0, 0.05) is 18.7 Å². The minimum Gasteiger partial charge on any atom is -0.395 e. The van der Waals surface area contributed by atoms with Crippen molar-refractivity contribution in [3.8, 4) is 0 Å². The van der Waals surface area contributed by atoms with Crippen LogP contribution >= 0.6 is 0 Å². The van der Waals surface area contributed by atoms with Crippen LogP contribution in [0.25, 0.3) is 0 Å². The number of carbonyl (C=O) groups is 3. The molecule has 0 unspecified atom stereocenters. The van der Waals surface area contributed by atoms with Gasteiger partial charge in [-0.25, -0.2) is 4.39 Å². The van der Waals surface area contributed by atoms with E-state index in [1.165, 1.54) is 19.1 Å². The van der Waals surface area contributed by atoms with Crippen LogP contribution in [0.2, 0.25) is 0 Å². The normalized spacial score (nSPS) is 14.1. The Labute approximate surface area is 125 Å². The van der Waals surface area contributed by atoms with Crippen molar-refractivity contribution in [1.82, 2.24) is 4.90 Å². The molecule has 1 aliphatic rings. The second kappa shape index (κ2) is 6.35. The molecule has 1 aromatic carbocycles. The predicted molar refractivity (Wildman–Crippen MR) is 76.2 cm³/mol. The Morgan fingerprint density at radius 1 is 1.36 bits per heavy atom. The molecule has 0 aromatic heterocycles. The number of rotatable bonds is 5. The molecule has 3 amide bonds. The predicted octanol–water partition coefficient (Wildman–Crippen LogP) is 0.441. The molecule has 0 saturated heterocycles. The summed E-state index contributed by atoms with van der Waals surface area (Å²) in [6.07, 6.45) is 1.10. The molecule has 0 saturated carbocycles. The summed E-state index contributed by atoms with van der Waals surface area (Å²) >= 11 is 0. The van der Waals surface area contributed by atoms with E-state index in [1.54, 1.807) is 0 Å². The molecule has 7 nitrogen and oxygen atoms in total. The Balaban J connectivity index is 2.18. The van der Waals surface area contributed by atoms with Gasteiger partial charge >= 0.3 is 0 Å². The molecule has 0 atom stereocenters. The molecule has 0 spiro atoms. The van der Waals surface area contributed by atoms with Crippen molar-refractivity contribution in [3.05, 3.63) is 35.8 Å². The molecule has 3 N–H and O–H groups in total. The molecule has 0 aliphatic carbocycles. The minimum absolute atomic E-state index is 0.0128. The zero-order chi connectivity index (χ0) is 16.3. The molecule has 1 aromatic rings. The van der Waals surface area contributed by atoms with Crippen LogP contribution in [-0.2, 0) is 14.4 Å². The molecule has 8 heteroatoms. The summed E-state index contributed by atoms with van der Waals surface area (Å²) in [7, 11) is 0. The van der Waals surface area contributed by atoms with Gasteiger partial charge < -0.3 is 15.7 Å². The van der Waals surface area contributed by atoms with Gasteiger partial charge in [0.1, 0.15) is 11.5 Å². The number of halogens is 1. The van der Waals surface area contributed by atoms with E-state index in [-0.39, 0.29) is 24.5 Å². The number of hydrogen-bond acceptors (Lipinski definition) is 5. The van der Waals surface area contributed by atoms with Gasteiger partial charge in [-0.15, -0.1) is 0 Å². The maximum absolute atomic E-state index is 13.5. The van der Waals surface area contributed by atoms with E-state index in [9.17, 15) is 18.8 Å². The van der Waals surface area contributed by atoms with Gasteiger partial charge in [0.05, 0.1) is 18.8 Å². The third kappa shape index (κ3) is 3.29. The number of aliphatic hydroxyl groups excluding tert-OH is 1. The van der Waals surface area contributed by atoms with Crippen LogP contribution < -0.4 is 10.6 Å². The van der Waals surface area contributed by atoms with Crippen LogP contribution in [0.15, 0.2) is 30.0 Å².